The molecule has 2 rings (SSSR count). The maximum Gasteiger partial charge on any atom is 0.412 e. The number of benzene rings is 1. The number of nitrogens with zero attached hydrogens (tertiary/aromatic N) is 2. The number of carbonyl (C=O) groups is 1. The van der Waals surface area contributed by atoms with E-state index in [1.807, 2.05) is 44.2 Å². The van der Waals surface area contributed by atoms with E-state index in [1.165, 1.54) is 6.07 Å². The van der Waals surface area contributed by atoms with Gasteiger partial charge in [0.05, 0.1) is 25.4 Å². The summed E-state index contributed by atoms with van der Waals surface area (Å²) in [6, 6.07) is 10.9. The molecule has 0 aliphatic rings. The number of hydrogen-bond donors (Lipinski definition) is 1. The van der Waals surface area contributed by atoms with E-state index in [-0.39, 0.29) is 24.9 Å². The van der Waals surface area contributed by atoms with E-state index in [1.54, 1.807) is 0 Å². The second kappa shape index (κ2) is 12.8. The van der Waals surface area contributed by atoms with Crippen molar-refractivity contribution in [2.75, 3.05) is 25.6 Å². The Labute approximate surface area is 197 Å². The summed E-state index contributed by atoms with van der Waals surface area (Å²) in [5.74, 6) is -3.04. The minimum atomic E-state index is -3.44. The molecule has 1 aromatic heterocycles. The summed E-state index contributed by atoms with van der Waals surface area (Å²) in [5, 5.41) is 2.29. The summed E-state index contributed by atoms with van der Waals surface area (Å²) < 4.78 is 45.5. The van der Waals surface area contributed by atoms with Crippen LogP contribution in [0, 0.1) is 5.92 Å². The number of aryl methyl sites for hydroxylation is 1. The maximum absolute atomic E-state index is 14.8. The van der Waals surface area contributed by atoms with Gasteiger partial charge in [0.25, 0.3) is 5.92 Å². The molecule has 8 nitrogen and oxygen atoms in total. The van der Waals surface area contributed by atoms with E-state index in [4.69, 9.17) is 14.2 Å². The van der Waals surface area contributed by atoms with E-state index in [9.17, 15) is 18.4 Å². The van der Waals surface area contributed by atoms with Crippen LogP contribution in [0.2, 0.25) is 0 Å². The van der Waals surface area contributed by atoms with Gasteiger partial charge in [0, 0.05) is 19.7 Å². The van der Waals surface area contributed by atoms with Crippen molar-refractivity contribution in [2.45, 2.75) is 45.3 Å². The number of ether oxygens (including phenoxy) is 3. The second-order valence-corrected chi connectivity index (χ2v) is 8.09. The van der Waals surface area contributed by atoms with Crippen molar-refractivity contribution in [3.63, 3.8) is 0 Å². The molecule has 34 heavy (non-hydrogen) atoms. The maximum atomic E-state index is 14.8. The molecule has 0 aliphatic carbocycles. The molecule has 10 heteroatoms. The molecule has 1 atom stereocenters. The van der Waals surface area contributed by atoms with E-state index >= 15 is 0 Å². The highest BCUT2D eigenvalue weighted by molar-refractivity contribution is 5.83. The number of amides is 1. The molecular weight excluding hydrogens is 448 g/mol. The molecule has 1 heterocycles. The van der Waals surface area contributed by atoms with Gasteiger partial charge < -0.3 is 14.2 Å². The third-order valence-electron chi connectivity index (χ3n) is 4.72. The zero-order chi connectivity index (χ0) is 25.1. The number of aromatic nitrogens is 2. The molecule has 1 N–H and O–H groups in total. The van der Waals surface area contributed by atoms with Gasteiger partial charge in [-0.3, -0.25) is 9.88 Å². The molecule has 0 saturated carbocycles. The Morgan fingerprint density at radius 3 is 2.53 bits per heavy atom. The zero-order valence-corrected chi connectivity index (χ0v) is 19.6. The fraction of sp³-hybridized carbons (Fsp3) is 0.458. The van der Waals surface area contributed by atoms with Gasteiger partial charge >= 0.3 is 11.8 Å². The third-order valence-corrected chi connectivity index (χ3v) is 4.72. The first-order valence-electron chi connectivity index (χ1n) is 10.9. The van der Waals surface area contributed by atoms with Crippen molar-refractivity contribution >= 4 is 11.9 Å². The molecule has 0 bridgehead atoms. The van der Waals surface area contributed by atoms with Crippen LogP contribution in [0.3, 0.4) is 0 Å². The zero-order valence-electron chi connectivity index (χ0n) is 19.6. The van der Waals surface area contributed by atoms with Crippen LogP contribution < -0.4 is 11.0 Å². The topological polar surface area (TPSA) is 91.7 Å². The van der Waals surface area contributed by atoms with Gasteiger partial charge in [0.2, 0.25) is 6.23 Å². The molecule has 0 radical (unpaired) electrons. The van der Waals surface area contributed by atoms with Crippen LogP contribution in [0.15, 0.2) is 59.7 Å². The van der Waals surface area contributed by atoms with Crippen molar-refractivity contribution in [3.05, 3.63) is 71.0 Å². The SMILES string of the molecule is C=C(CCc1ccccc1)OCCC(F)(F)C(OC)n1ccc(NC(=O)OCC(C)C)nc1=O. The summed E-state index contributed by atoms with van der Waals surface area (Å²) in [4.78, 5) is 27.7. The van der Waals surface area contributed by atoms with E-state index in [2.05, 4.69) is 16.9 Å². The normalized spacial score (nSPS) is 12.3. The Kier molecular flexibility index (Phi) is 10.2. The van der Waals surface area contributed by atoms with Gasteiger partial charge in [-0.25, -0.2) is 18.4 Å². The summed E-state index contributed by atoms with van der Waals surface area (Å²) in [6.07, 6.45) is -1.14. The number of hydrogen-bond acceptors (Lipinski definition) is 6. The molecule has 0 aliphatic heterocycles. The van der Waals surface area contributed by atoms with E-state index in [0.717, 1.165) is 18.9 Å². The highest BCUT2D eigenvalue weighted by atomic mass is 19.3. The Bertz CT molecular complexity index is 996. The van der Waals surface area contributed by atoms with Crippen molar-refractivity contribution in [3.8, 4) is 0 Å². The lowest BCUT2D eigenvalue weighted by Gasteiger charge is -2.27. The van der Waals surface area contributed by atoms with Crippen molar-refractivity contribution in [1.82, 2.24) is 9.55 Å². The predicted octanol–water partition coefficient (Wildman–Crippen LogP) is 4.78. The number of methoxy groups -OCH3 is 1. The number of allylic oxidation sites excluding steroid dienone is 1. The van der Waals surface area contributed by atoms with Gasteiger partial charge in [-0.15, -0.1) is 0 Å². The second-order valence-electron chi connectivity index (χ2n) is 8.09. The number of halogens is 2. The Hall–Kier alpha value is -3.27. The van der Waals surface area contributed by atoms with Gasteiger partial charge in [0.15, 0.2) is 0 Å². The minimum absolute atomic E-state index is 0.119. The van der Waals surface area contributed by atoms with Crippen LogP contribution in [-0.4, -0.2) is 41.9 Å². The number of anilines is 1. The fourth-order valence-corrected chi connectivity index (χ4v) is 2.99. The molecule has 1 aromatic carbocycles. The van der Waals surface area contributed by atoms with Gasteiger partial charge in [0.1, 0.15) is 5.82 Å². The Morgan fingerprint density at radius 1 is 1.21 bits per heavy atom. The average Bonchev–Trinajstić information content (AvgIpc) is 2.78. The smallest absolute Gasteiger partial charge is 0.412 e. The summed E-state index contributed by atoms with van der Waals surface area (Å²) in [7, 11) is 1.07. The standard InChI is InChI=1S/C24H31F2N3O5/c1-17(2)16-34-23(31)28-20-12-14-29(22(30)27-20)21(32-4)24(25,26)13-15-33-18(3)10-11-19-8-6-5-7-9-19/h5-9,12,14,17,21H,3,10-11,13,15-16H2,1-2,4H3,(H,27,28,30,31). The van der Waals surface area contributed by atoms with Crippen LogP contribution in [0.1, 0.15) is 38.5 Å². The first-order valence-corrected chi connectivity index (χ1v) is 10.9. The highest BCUT2D eigenvalue weighted by Crippen LogP contribution is 2.32. The average molecular weight is 480 g/mol. The monoisotopic (exact) mass is 479 g/mol. The quantitative estimate of drug-likeness (QED) is 0.416. The van der Waals surface area contributed by atoms with Crippen molar-refractivity contribution in [1.29, 1.82) is 0 Å². The first-order chi connectivity index (χ1) is 16.1. The Morgan fingerprint density at radius 2 is 1.91 bits per heavy atom. The molecule has 2 aromatic rings. The molecule has 1 amide bonds. The lowest BCUT2D eigenvalue weighted by Crippen LogP contribution is -2.39. The van der Waals surface area contributed by atoms with Gasteiger partial charge in [-0.05, 0) is 24.0 Å². The number of carbonyl (C=O) groups excluding carboxylic acids is 1. The predicted molar refractivity (Wildman–Crippen MR) is 124 cm³/mol. The first kappa shape index (κ1) is 27.0. The van der Waals surface area contributed by atoms with E-state index in [0.29, 0.717) is 23.2 Å². The van der Waals surface area contributed by atoms with Crippen LogP contribution in [0.5, 0.6) is 0 Å². The van der Waals surface area contributed by atoms with E-state index < -0.39 is 30.4 Å². The number of alkyl halides is 2. The Balaban J connectivity index is 1.92. The van der Waals surface area contributed by atoms with Crippen molar-refractivity contribution < 1.29 is 27.8 Å². The lowest BCUT2D eigenvalue weighted by molar-refractivity contribution is -0.171. The van der Waals surface area contributed by atoms with Crippen LogP contribution in [0.25, 0.3) is 0 Å². The molecule has 1 unspecified atom stereocenters. The molecule has 0 fully saturated rings. The van der Waals surface area contributed by atoms with Crippen LogP contribution in [0.4, 0.5) is 19.4 Å². The van der Waals surface area contributed by atoms with Crippen LogP contribution >= 0.6 is 0 Å². The van der Waals surface area contributed by atoms with Crippen LogP contribution in [-0.2, 0) is 20.6 Å². The summed E-state index contributed by atoms with van der Waals surface area (Å²) in [6.45, 7) is 7.38. The number of nitrogens with one attached hydrogen (secondary N) is 1. The lowest BCUT2D eigenvalue weighted by atomic mass is 10.1. The van der Waals surface area contributed by atoms with Gasteiger partial charge in [-0.2, -0.15) is 4.98 Å². The van der Waals surface area contributed by atoms with Crippen molar-refractivity contribution in [2.24, 2.45) is 5.92 Å². The largest absolute Gasteiger partial charge is 0.498 e. The summed E-state index contributed by atoms with van der Waals surface area (Å²) >= 11 is 0. The third kappa shape index (κ3) is 8.58. The van der Waals surface area contributed by atoms with Gasteiger partial charge in [-0.1, -0.05) is 50.8 Å². The minimum Gasteiger partial charge on any atom is -0.498 e. The molecule has 0 spiro atoms. The number of rotatable bonds is 13. The fourth-order valence-electron chi connectivity index (χ4n) is 2.99. The summed E-state index contributed by atoms with van der Waals surface area (Å²) in [5.41, 5.74) is 0.0800. The molecule has 186 valence electrons. The highest BCUT2D eigenvalue weighted by Gasteiger charge is 2.42. The molecule has 0 saturated heterocycles. The molecular formula is C24H31F2N3O5.